The van der Waals surface area contributed by atoms with E-state index < -0.39 is 5.97 Å². The van der Waals surface area contributed by atoms with Crippen LogP contribution in [0.4, 0.5) is 10.5 Å². The highest BCUT2D eigenvalue weighted by atomic mass is 16.4. The molecule has 0 aromatic carbocycles. The van der Waals surface area contributed by atoms with Crippen LogP contribution in [0, 0.1) is 11.8 Å². The maximum absolute atomic E-state index is 11.9. The van der Waals surface area contributed by atoms with Crippen LogP contribution in [-0.4, -0.2) is 28.1 Å². The molecule has 1 saturated carbocycles. The summed E-state index contributed by atoms with van der Waals surface area (Å²) in [4.78, 5) is 26.5. The van der Waals surface area contributed by atoms with Crippen LogP contribution in [0.25, 0.3) is 0 Å². The zero-order valence-corrected chi connectivity index (χ0v) is 11.6. The number of urea groups is 1. The van der Waals surface area contributed by atoms with Crippen molar-refractivity contribution >= 4 is 17.7 Å². The zero-order chi connectivity index (χ0) is 14.7. The fourth-order valence-electron chi connectivity index (χ4n) is 2.53. The van der Waals surface area contributed by atoms with Crippen molar-refractivity contribution in [2.24, 2.45) is 11.8 Å². The van der Waals surface area contributed by atoms with Gasteiger partial charge in [-0.25, -0.2) is 9.59 Å². The highest BCUT2D eigenvalue weighted by Crippen LogP contribution is 2.31. The lowest BCUT2D eigenvalue weighted by atomic mass is 9.98. The number of anilines is 1. The first-order valence-electron chi connectivity index (χ1n) is 6.73. The first-order chi connectivity index (χ1) is 9.47. The fraction of sp³-hybridized carbons (Fsp3) is 0.500. The summed E-state index contributed by atoms with van der Waals surface area (Å²) in [6.45, 7) is 4.32. The van der Waals surface area contributed by atoms with Crippen molar-refractivity contribution in [1.29, 1.82) is 0 Å². The van der Waals surface area contributed by atoms with Crippen LogP contribution in [0.15, 0.2) is 18.5 Å². The Kier molecular flexibility index (Phi) is 4.22. The number of nitrogens with zero attached hydrogens (tertiary/aromatic N) is 1. The van der Waals surface area contributed by atoms with E-state index in [2.05, 4.69) is 29.5 Å². The smallest absolute Gasteiger partial charge is 0.337 e. The van der Waals surface area contributed by atoms with Crippen molar-refractivity contribution in [2.45, 2.75) is 32.7 Å². The van der Waals surface area contributed by atoms with Gasteiger partial charge >= 0.3 is 12.0 Å². The van der Waals surface area contributed by atoms with Gasteiger partial charge in [-0.15, -0.1) is 0 Å². The lowest BCUT2D eigenvalue weighted by Gasteiger charge is -2.19. The molecule has 3 N–H and O–H groups in total. The average molecular weight is 277 g/mol. The minimum Gasteiger partial charge on any atom is -0.478 e. The Hall–Kier alpha value is -2.11. The van der Waals surface area contributed by atoms with E-state index in [0.29, 0.717) is 17.5 Å². The lowest BCUT2D eigenvalue weighted by molar-refractivity contribution is 0.0696. The molecule has 2 amide bonds. The lowest BCUT2D eigenvalue weighted by Crippen LogP contribution is -2.40. The molecule has 1 heterocycles. The number of aromatic nitrogens is 1. The summed E-state index contributed by atoms with van der Waals surface area (Å²) in [7, 11) is 0. The van der Waals surface area contributed by atoms with Gasteiger partial charge in [-0.3, -0.25) is 4.98 Å². The maximum atomic E-state index is 11.9. The molecule has 1 fully saturated rings. The molecule has 0 aliphatic heterocycles. The quantitative estimate of drug-likeness (QED) is 0.790. The summed E-state index contributed by atoms with van der Waals surface area (Å²) in [6.07, 6.45) is 4.75. The second-order valence-corrected chi connectivity index (χ2v) is 5.39. The Morgan fingerprint density at radius 1 is 1.30 bits per heavy atom. The number of hydrogen-bond acceptors (Lipinski definition) is 3. The standard InChI is InChI=1S/C14H19N3O3/c1-8-3-4-12(9(8)2)17-14(20)16-11-5-10(13(18)19)6-15-7-11/h5-9,12H,3-4H2,1-2H3,(H,18,19)(H2,16,17,20). The monoisotopic (exact) mass is 277 g/mol. The summed E-state index contributed by atoms with van der Waals surface area (Å²) in [5, 5.41) is 14.4. The van der Waals surface area contributed by atoms with Gasteiger partial charge in [0.2, 0.25) is 0 Å². The van der Waals surface area contributed by atoms with E-state index in [1.54, 1.807) is 0 Å². The van der Waals surface area contributed by atoms with E-state index in [1.165, 1.54) is 18.5 Å². The van der Waals surface area contributed by atoms with E-state index in [4.69, 9.17) is 5.11 Å². The number of carboxylic acids is 1. The van der Waals surface area contributed by atoms with Crippen molar-refractivity contribution in [2.75, 3.05) is 5.32 Å². The number of hydrogen-bond donors (Lipinski definition) is 3. The van der Waals surface area contributed by atoms with Gasteiger partial charge in [0.15, 0.2) is 0 Å². The molecule has 0 saturated heterocycles. The third kappa shape index (κ3) is 3.26. The van der Waals surface area contributed by atoms with Crippen LogP contribution in [0.2, 0.25) is 0 Å². The first kappa shape index (κ1) is 14.3. The Labute approximate surface area is 117 Å². The van der Waals surface area contributed by atoms with Crippen LogP contribution < -0.4 is 10.6 Å². The van der Waals surface area contributed by atoms with Crippen LogP contribution >= 0.6 is 0 Å². The number of carbonyl (C=O) groups is 2. The van der Waals surface area contributed by atoms with Gasteiger partial charge in [-0.05, 0) is 30.7 Å². The second-order valence-electron chi connectivity index (χ2n) is 5.39. The molecular weight excluding hydrogens is 258 g/mol. The number of carboxylic acid groups (broad SMARTS) is 1. The van der Waals surface area contributed by atoms with Gasteiger partial charge < -0.3 is 15.7 Å². The van der Waals surface area contributed by atoms with Crippen LogP contribution in [-0.2, 0) is 0 Å². The molecule has 2 rings (SSSR count). The van der Waals surface area contributed by atoms with Gasteiger partial charge in [0, 0.05) is 12.2 Å². The third-order valence-corrected chi connectivity index (χ3v) is 4.02. The van der Waals surface area contributed by atoms with E-state index in [1.807, 2.05) is 0 Å². The highest BCUT2D eigenvalue weighted by Gasteiger charge is 2.30. The Bertz CT molecular complexity index is 518. The van der Waals surface area contributed by atoms with Gasteiger partial charge in [0.25, 0.3) is 0 Å². The number of pyridine rings is 1. The number of nitrogens with one attached hydrogen (secondary N) is 2. The molecule has 3 unspecified atom stereocenters. The van der Waals surface area contributed by atoms with Gasteiger partial charge in [0.1, 0.15) is 0 Å². The van der Waals surface area contributed by atoms with Crippen LogP contribution in [0.3, 0.4) is 0 Å². The molecule has 108 valence electrons. The molecule has 1 aliphatic carbocycles. The predicted octanol–water partition coefficient (Wildman–Crippen LogP) is 2.34. The Morgan fingerprint density at radius 2 is 2.05 bits per heavy atom. The number of aromatic carboxylic acids is 1. The SMILES string of the molecule is CC1CCC(NC(=O)Nc2cncc(C(=O)O)c2)C1C. The van der Waals surface area contributed by atoms with E-state index in [0.717, 1.165) is 12.8 Å². The van der Waals surface area contributed by atoms with Crippen molar-refractivity contribution < 1.29 is 14.7 Å². The van der Waals surface area contributed by atoms with E-state index in [-0.39, 0.29) is 17.6 Å². The number of carbonyl (C=O) groups excluding carboxylic acids is 1. The third-order valence-electron chi connectivity index (χ3n) is 4.02. The van der Waals surface area contributed by atoms with Gasteiger partial charge in [0.05, 0.1) is 17.4 Å². The number of amides is 2. The minimum atomic E-state index is -1.07. The highest BCUT2D eigenvalue weighted by molar-refractivity contribution is 5.92. The van der Waals surface area contributed by atoms with Gasteiger partial charge in [-0.1, -0.05) is 13.8 Å². The second kappa shape index (κ2) is 5.90. The largest absolute Gasteiger partial charge is 0.478 e. The van der Waals surface area contributed by atoms with E-state index >= 15 is 0 Å². The summed E-state index contributed by atoms with van der Waals surface area (Å²) < 4.78 is 0. The maximum Gasteiger partial charge on any atom is 0.337 e. The predicted molar refractivity (Wildman–Crippen MR) is 74.7 cm³/mol. The summed E-state index contributed by atoms with van der Waals surface area (Å²) in [5.41, 5.74) is 0.423. The van der Waals surface area contributed by atoms with Crippen molar-refractivity contribution in [3.8, 4) is 0 Å². The summed E-state index contributed by atoms with van der Waals surface area (Å²) >= 11 is 0. The van der Waals surface area contributed by atoms with Crippen LogP contribution in [0.1, 0.15) is 37.0 Å². The molecular formula is C14H19N3O3. The Balaban J connectivity index is 1.95. The minimum absolute atomic E-state index is 0.0469. The molecule has 20 heavy (non-hydrogen) atoms. The summed E-state index contributed by atoms with van der Waals surface area (Å²) in [6, 6.07) is 1.23. The van der Waals surface area contributed by atoms with E-state index in [9.17, 15) is 9.59 Å². The zero-order valence-electron chi connectivity index (χ0n) is 11.6. The fourth-order valence-corrected chi connectivity index (χ4v) is 2.53. The molecule has 1 aromatic heterocycles. The number of rotatable bonds is 3. The molecule has 3 atom stereocenters. The normalized spacial score (nSPS) is 25.2. The Morgan fingerprint density at radius 3 is 2.65 bits per heavy atom. The topological polar surface area (TPSA) is 91.3 Å². The molecule has 0 bridgehead atoms. The van der Waals surface area contributed by atoms with Crippen molar-refractivity contribution in [3.63, 3.8) is 0 Å². The van der Waals surface area contributed by atoms with Gasteiger partial charge in [-0.2, -0.15) is 0 Å². The average Bonchev–Trinajstić information content (AvgIpc) is 2.71. The van der Waals surface area contributed by atoms with Crippen molar-refractivity contribution in [3.05, 3.63) is 24.0 Å². The molecule has 1 aromatic rings. The molecule has 1 aliphatic rings. The molecule has 6 heteroatoms. The first-order valence-corrected chi connectivity index (χ1v) is 6.73. The van der Waals surface area contributed by atoms with Crippen molar-refractivity contribution in [1.82, 2.24) is 10.3 Å². The summed E-state index contributed by atoms with van der Waals surface area (Å²) in [5.74, 6) is -0.0127. The molecule has 0 spiro atoms. The molecule has 0 radical (unpaired) electrons. The molecule has 6 nitrogen and oxygen atoms in total. The van der Waals surface area contributed by atoms with Crippen LogP contribution in [0.5, 0.6) is 0 Å².